The molecule has 0 aliphatic carbocycles. The summed E-state index contributed by atoms with van der Waals surface area (Å²) in [7, 11) is 0. The number of hydrogen-bond donors (Lipinski definition) is 1. The lowest BCUT2D eigenvalue weighted by Crippen LogP contribution is -2.45. The largest absolute Gasteiger partial charge is 0.373 e. The Hall–Kier alpha value is -2.17. The molecule has 0 bridgehead atoms. The van der Waals surface area contributed by atoms with E-state index in [1.165, 1.54) is 6.07 Å². The van der Waals surface area contributed by atoms with Crippen LogP contribution in [0.3, 0.4) is 0 Å². The van der Waals surface area contributed by atoms with Crippen molar-refractivity contribution in [3.05, 3.63) is 33.9 Å². The summed E-state index contributed by atoms with van der Waals surface area (Å²) in [6.07, 6.45) is -0.121. The standard InChI is InChI=1S/C12H14N4O3/c13-6-9-1-2-11(12(5-9)16(17)18)15-3-4-19-10(7-14)8-15/h1-2,5,10H,3-4,7-8,14H2. The number of nitriles is 1. The maximum atomic E-state index is 11.1. The van der Waals surface area contributed by atoms with Crippen LogP contribution in [0.4, 0.5) is 11.4 Å². The van der Waals surface area contributed by atoms with Crippen LogP contribution in [-0.2, 0) is 4.74 Å². The number of ether oxygens (including phenoxy) is 1. The van der Waals surface area contributed by atoms with Crippen LogP contribution in [0.15, 0.2) is 18.2 Å². The molecule has 2 N–H and O–H groups in total. The Bertz CT molecular complexity index is 526. The van der Waals surface area contributed by atoms with Gasteiger partial charge in [-0.05, 0) is 12.1 Å². The second-order valence-electron chi connectivity index (χ2n) is 4.25. The Balaban J connectivity index is 2.33. The van der Waals surface area contributed by atoms with Gasteiger partial charge in [0, 0.05) is 25.7 Å². The zero-order valence-corrected chi connectivity index (χ0v) is 10.3. The van der Waals surface area contributed by atoms with Gasteiger partial charge in [-0.25, -0.2) is 0 Å². The van der Waals surface area contributed by atoms with E-state index in [-0.39, 0.29) is 17.4 Å². The highest BCUT2D eigenvalue weighted by atomic mass is 16.6. The molecular formula is C12H14N4O3. The smallest absolute Gasteiger partial charge is 0.293 e. The first-order valence-electron chi connectivity index (χ1n) is 5.91. The number of nitro benzene ring substituents is 1. The van der Waals surface area contributed by atoms with Crippen LogP contribution < -0.4 is 10.6 Å². The SMILES string of the molecule is N#Cc1ccc(N2CCOC(CN)C2)c([N+](=O)[O-])c1. The predicted octanol–water partition coefficient (Wildman–Crippen LogP) is 0.630. The van der Waals surface area contributed by atoms with Gasteiger partial charge >= 0.3 is 0 Å². The van der Waals surface area contributed by atoms with E-state index in [1.807, 2.05) is 11.0 Å². The fraction of sp³-hybridized carbons (Fsp3) is 0.417. The molecule has 1 atom stereocenters. The Kier molecular flexibility index (Phi) is 3.94. The number of morpholine rings is 1. The van der Waals surface area contributed by atoms with E-state index >= 15 is 0 Å². The van der Waals surface area contributed by atoms with Crippen LogP contribution in [0.5, 0.6) is 0 Å². The average molecular weight is 262 g/mol. The average Bonchev–Trinajstić information content (AvgIpc) is 2.46. The highest BCUT2D eigenvalue weighted by molar-refractivity contribution is 5.65. The van der Waals surface area contributed by atoms with Crippen molar-refractivity contribution in [3.63, 3.8) is 0 Å². The van der Waals surface area contributed by atoms with E-state index in [4.69, 9.17) is 15.7 Å². The molecule has 7 nitrogen and oxygen atoms in total. The van der Waals surface area contributed by atoms with Gasteiger partial charge in [0.25, 0.3) is 5.69 Å². The van der Waals surface area contributed by atoms with E-state index in [9.17, 15) is 10.1 Å². The molecule has 1 heterocycles. The first-order valence-corrected chi connectivity index (χ1v) is 5.91. The maximum Gasteiger partial charge on any atom is 0.293 e. The van der Waals surface area contributed by atoms with Crippen molar-refractivity contribution in [1.29, 1.82) is 5.26 Å². The molecule has 1 fully saturated rings. The molecular weight excluding hydrogens is 248 g/mol. The Labute approximate surface area is 110 Å². The van der Waals surface area contributed by atoms with Gasteiger partial charge in [-0.2, -0.15) is 5.26 Å². The molecule has 1 aliphatic heterocycles. The highest BCUT2D eigenvalue weighted by Gasteiger charge is 2.25. The summed E-state index contributed by atoms with van der Waals surface area (Å²) in [5, 5.41) is 19.9. The zero-order valence-electron chi connectivity index (χ0n) is 10.3. The molecule has 1 aliphatic rings. The second kappa shape index (κ2) is 5.65. The number of rotatable bonds is 3. The lowest BCUT2D eigenvalue weighted by molar-refractivity contribution is -0.384. The first kappa shape index (κ1) is 13.3. The fourth-order valence-corrected chi connectivity index (χ4v) is 2.09. The minimum Gasteiger partial charge on any atom is -0.373 e. The molecule has 1 aromatic rings. The van der Waals surface area contributed by atoms with Crippen molar-refractivity contribution in [2.75, 3.05) is 31.1 Å². The van der Waals surface area contributed by atoms with Crippen molar-refractivity contribution >= 4 is 11.4 Å². The van der Waals surface area contributed by atoms with Crippen molar-refractivity contribution in [1.82, 2.24) is 0 Å². The Morgan fingerprint density at radius 1 is 1.63 bits per heavy atom. The predicted molar refractivity (Wildman–Crippen MR) is 68.8 cm³/mol. The van der Waals surface area contributed by atoms with Crippen molar-refractivity contribution in [2.24, 2.45) is 5.73 Å². The fourth-order valence-electron chi connectivity index (χ4n) is 2.09. The quantitative estimate of drug-likeness (QED) is 0.632. The molecule has 19 heavy (non-hydrogen) atoms. The summed E-state index contributed by atoms with van der Waals surface area (Å²) in [6, 6.07) is 6.38. The summed E-state index contributed by atoms with van der Waals surface area (Å²) >= 11 is 0. The van der Waals surface area contributed by atoms with Gasteiger partial charge in [0.2, 0.25) is 0 Å². The van der Waals surface area contributed by atoms with Crippen LogP contribution in [0.2, 0.25) is 0 Å². The molecule has 0 spiro atoms. The molecule has 0 saturated carbocycles. The molecule has 0 aromatic heterocycles. The number of anilines is 1. The van der Waals surface area contributed by atoms with E-state index in [2.05, 4.69) is 0 Å². The van der Waals surface area contributed by atoms with Crippen LogP contribution >= 0.6 is 0 Å². The maximum absolute atomic E-state index is 11.1. The van der Waals surface area contributed by atoms with Gasteiger partial charge in [-0.1, -0.05) is 0 Å². The number of hydrogen-bond acceptors (Lipinski definition) is 6. The van der Waals surface area contributed by atoms with Crippen LogP contribution in [0, 0.1) is 21.4 Å². The highest BCUT2D eigenvalue weighted by Crippen LogP contribution is 2.30. The minimum absolute atomic E-state index is 0.0586. The van der Waals surface area contributed by atoms with Crippen molar-refractivity contribution in [3.8, 4) is 6.07 Å². The molecule has 1 aromatic carbocycles. The minimum atomic E-state index is -0.469. The van der Waals surface area contributed by atoms with E-state index in [0.717, 1.165) is 0 Å². The van der Waals surface area contributed by atoms with Gasteiger partial charge in [-0.15, -0.1) is 0 Å². The van der Waals surface area contributed by atoms with Gasteiger partial charge in [0.1, 0.15) is 5.69 Å². The summed E-state index contributed by atoms with van der Waals surface area (Å²) in [5.41, 5.74) is 6.28. The number of nitro groups is 1. The molecule has 1 unspecified atom stereocenters. The van der Waals surface area contributed by atoms with Gasteiger partial charge in [0.15, 0.2) is 0 Å². The van der Waals surface area contributed by atoms with Crippen LogP contribution in [0.25, 0.3) is 0 Å². The molecule has 2 rings (SSSR count). The molecule has 7 heteroatoms. The van der Waals surface area contributed by atoms with E-state index in [0.29, 0.717) is 31.9 Å². The Morgan fingerprint density at radius 3 is 3.05 bits per heavy atom. The summed E-state index contributed by atoms with van der Waals surface area (Å²) in [4.78, 5) is 12.5. The number of nitrogens with zero attached hydrogens (tertiary/aromatic N) is 3. The summed E-state index contributed by atoms with van der Waals surface area (Å²) in [6.45, 7) is 1.95. The topological polar surface area (TPSA) is 105 Å². The lowest BCUT2D eigenvalue weighted by Gasteiger charge is -2.33. The monoisotopic (exact) mass is 262 g/mol. The zero-order chi connectivity index (χ0) is 13.8. The van der Waals surface area contributed by atoms with Crippen LogP contribution in [0.1, 0.15) is 5.56 Å². The normalized spacial score (nSPS) is 18.9. The molecule has 0 amide bonds. The van der Waals surface area contributed by atoms with E-state index < -0.39 is 4.92 Å². The Morgan fingerprint density at radius 2 is 2.42 bits per heavy atom. The van der Waals surface area contributed by atoms with E-state index in [1.54, 1.807) is 12.1 Å². The van der Waals surface area contributed by atoms with Gasteiger partial charge < -0.3 is 15.4 Å². The summed E-state index contributed by atoms with van der Waals surface area (Å²) < 4.78 is 5.44. The summed E-state index contributed by atoms with van der Waals surface area (Å²) in [5.74, 6) is 0. The second-order valence-corrected chi connectivity index (χ2v) is 4.25. The number of benzene rings is 1. The van der Waals surface area contributed by atoms with Crippen LogP contribution in [-0.4, -0.2) is 37.3 Å². The number of nitrogens with two attached hydrogens (primary N) is 1. The van der Waals surface area contributed by atoms with Crippen molar-refractivity contribution < 1.29 is 9.66 Å². The third-order valence-electron chi connectivity index (χ3n) is 3.04. The van der Waals surface area contributed by atoms with Gasteiger partial charge in [0.05, 0.1) is 29.3 Å². The lowest BCUT2D eigenvalue weighted by atomic mass is 10.1. The van der Waals surface area contributed by atoms with Crippen molar-refractivity contribution in [2.45, 2.75) is 6.10 Å². The first-order chi connectivity index (χ1) is 9.15. The molecule has 1 saturated heterocycles. The third kappa shape index (κ3) is 2.81. The molecule has 0 radical (unpaired) electrons. The third-order valence-corrected chi connectivity index (χ3v) is 3.04. The molecule has 100 valence electrons. The van der Waals surface area contributed by atoms with Gasteiger partial charge in [-0.3, -0.25) is 10.1 Å².